The number of carboxylic acids is 1. The van der Waals surface area contributed by atoms with Crippen LogP contribution in [0.5, 0.6) is 5.75 Å². The summed E-state index contributed by atoms with van der Waals surface area (Å²) in [6.07, 6.45) is 1.25. The van der Waals surface area contributed by atoms with Crippen molar-refractivity contribution in [3.63, 3.8) is 0 Å². The number of anilines is 1. The number of amides is 1. The fourth-order valence-corrected chi connectivity index (χ4v) is 1.73. The molecular weight excluding hydrogens is 288 g/mol. The third kappa shape index (κ3) is 4.05. The molecule has 1 aromatic heterocycles. The highest BCUT2D eigenvalue weighted by Gasteiger charge is 2.24. The molecule has 2 N–H and O–H groups in total. The van der Waals surface area contributed by atoms with Gasteiger partial charge in [0.2, 0.25) is 5.95 Å². The summed E-state index contributed by atoms with van der Waals surface area (Å²) in [4.78, 5) is 28.4. The molecule has 0 bridgehead atoms. The van der Waals surface area contributed by atoms with Gasteiger partial charge in [0.05, 0.1) is 5.92 Å². The highest BCUT2D eigenvalue weighted by atomic mass is 16.5. The van der Waals surface area contributed by atoms with Crippen LogP contribution in [0.2, 0.25) is 0 Å². The van der Waals surface area contributed by atoms with E-state index in [1.807, 2.05) is 6.07 Å². The minimum atomic E-state index is -0.999. The highest BCUT2D eigenvalue weighted by molar-refractivity contribution is 5.93. The number of benzene rings is 1. The van der Waals surface area contributed by atoms with Crippen molar-refractivity contribution in [3.8, 4) is 5.75 Å². The highest BCUT2D eigenvalue weighted by Crippen LogP contribution is 2.12. The van der Waals surface area contributed by atoms with Crippen LogP contribution >= 0.6 is 0 Å². The first-order chi connectivity index (χ1) is 10.6. The smallest absolute Gasteiger partial charge is 0.308 e. The van der Waals surface area contributed by atoms with Crippen molar-refractivity contribution < 1.29 is 19.4 Å². The molecule has 0 aliphatic carbocycles. The molecule has 116 valence electrons. The van der Waals surface area contributed by atoms with Crippen LogP contribution in [-0.2, 0) is 9.59 Å². The molecule has 0 spiro atoms. The van der Waals surface area contributed by atoms with Gasteiger partial charge in [-0.05, 0) is 12.1 Å². The van der Waals surface area contributed by atoms with Crippen LogP contribution in [0.3, 0.4) is 0 Å². The second-order valence-corrected chi connectivity index (χ2v) is 4.65. The number of nitrogens with one attached hydrogen (secondary N) is 1. The van der Waals surface area contributed by atoms with Gasteiger partial charge in [-0.3, -0.25) is 14.5 Å². The van der Waals surface area contributed by atoms with E-state index in [0.717, 1.165) is 0 Å². The van der Waals surface area contributed by atoms with Crippen molar-refractivity contribution >= 4 is 17.8 Å². The summed E-state index contributed by atoms with van der Waals surface area (Å²) in [5.41, 5.74) is 0. The van der Waals surface area contributed by atoms with Crippen molar-refractivity contribution in [2.75, 3.05) is 18.1 Å². The molecule has 0 aliphatic heterocycles. The van der Waals surface area contributed by atoms with Crippen LogP contribution in [0.25, 0.3) is 0 Å². The van der Waals surface area contributed by atoms with Gasteiger partial charge in [-0.25, -0.2) is 5.10 Å². The van der Waals surface area contributed by atoms with Crippen LogP contribution in [0.4, 0.5) is 5.95 Å². The number of hydrogen-bond donors (Lipinski definition) is 2. The Labute approximate surface area is 126 Å². The van der Waals surface area contributed by atoms with Crippen LogP contribution in [-0.4, -0.2) is 45.3 Å². The first-order valence-electron chi connectivity index (χ1n) is 6.64. The number of aromatic nitrogens is 3. The number of H-pyrrole nitrogens is 1. The SMILES string of the molecule is CC(CN(C(=O)COc1ccccc1)c1ncn[nH]1)C(=O)O. The summed E-state index contributed by atoms with van der Waals surface area (Å²) in [5, 5.41) is 15.2. The number of carbonyl (C=O) groups is 2. The average molecular weight is 304 g/mol. The zero-order valence-corrected chi connectivity index (χ0v) is 12.0. The number of ether oxygens (including phenoxy) is 1. The third-order valence-electron chi connectivity index (χ3n) is 2.94. The van der Waals surface area contributed by atoms with Gasteiger partial charge >= 0.3 is 5.97 Å². The van der Waals surface area contributed by atoms with Gasteiger partial charge in [-0.1, -0.05) is 25.1 Å². The molecule has 1 aromatic carbocycles. The lowest BCUT2D eigenvalue weighted by Gasteiger charge is -2.21. The molecule has 2 rings (SSSR count). The lowest BCUT2D eigenvalue weighted by molar-refractivity contribution is -0.140. The maximum absolute atomic E-state index is 12.3. The first kappa shape index (κ1) is 15.5. The number of aromatic amines is 1. The van der Waals surface area contributed by atoms with Crippen molar-refractivity contribution in [3.05, 3.63) is 36.7 Å². The second-order valence-electron chi connectivity index (χ2n) is 4.65. The zero-order chi connectivity index (χ0) is 15.9. The fourth-order valence-electron chi connectivity index (χ4n) is 1.73. The van der Waals surface area contributed by atoms with Crippen LogP contribution in [0, 0.1) is 5.92 Å². The molecule has 8 nitrogen and oxygen atoms in total. The minimum Gasteiger partial charge on any atom is -0.484 e. The van der Waals surface area contributed by atoms with Crippen molar-refractivity contribution in [2.45, 2.75) is 6.92 Å². The molecule has 0 saturated heterocycles. The lowest BCUT2D eigenvalue weighted by Crippen LogP contribution is -2.40. The Morgan fingerprint density at radius 3 is 2.68 bits per heavy atom. The zero-order valence-electron chi connectivity index (χ0n) is 12.0. The van der Waals surface area contributed by atoms with Crippen molar-refractivity contribution in [1.82, 2.24) is 15.2 Å². The quantitative estimate of drug-likeness (QED) is 0.788. The van der Waals surface area contributed by atoms with E-state index in [0.29, 0.717) is 5.75 Å². The van der Waals surface area contributed by atoms with Crippen LogP contribution < -0.4 is 9.64 Å². The van der Waals surface area contributed by atoms with E-state index in [1.54, 1.807) is 24.3 Å². The Morgan fingerprint density at radius 1 is 1.36 bits per heavy atom. The van der Waals surface area contributed by atoms with Gasteiger partial charge in [0.15, 0.2) is 6.61 Å². The van der Waals surface area contributed by atoms with Crippen molar-refractivity contribution in [1.29, 1.82) is 0 Å². The number of nitrogens with zero attached hydrogens (tertiary/aromatic N) is 3. The number of carbonyl (C=O) groups excluding carboxylic acids is 1. The Bertz CT molecular complexity index is 615. The monoisotopic (exact) mass is 304 g/mol. The summed E-state index contributed by atoms with van der Waals surface area (Å²) in [7, 11) is 0. The summed E-state index contributed by atoms with van der Waals surface area (Å²) in [6.45, 7) is 1.26. The molecule has 1 amide bonds. The Balaban J connectivity index is 2.04. The Hall–Kier alpha value is -2.90. The summed E-state index contributed by atoms with van der Waals surface area (Å²) >= 11 is 0. The molecule has 1 atom stereocenters. The molecule has 8 heteroatoms. The maximum atomic E-state index is 12.3. The summed E-state index contributed by atoms with van der Waals surface area (Å²) in [5.74, 6) is -1.41. The standard InChI is InChI=1S/C14H16N4O4/c1-10(13(20)21)7-18(14-15-9-16-17-14)12(19)8-22-11-5-3-2-4-6-11/h2-6,9-10H,7-8H2,1H3,(H,20,21)(H,15,16,17). The topological polar surface area (TPSA) is 108 Å². The van der Waals surface area contributed by atoms with Crippen LogP contribution in [0.15, 0.2) is 36.7 Å². The molecule has 22 heavy (non-hydrogen) atoms. The predicted octanol–water partition coefficient (Wildman–Crippen LogP) is 0.937. The number of aliphatic carboxylic acids is 1. The summed E-state index contributed by atoms with van der Waals surface area (Å²) < 4.78 is 5.39. The number of para-hydroxylation sites is 1. The molecule has 0 fully saturated rings. The van der Waals surface area contributed by atoms with Gasteiger partial charge < -0.3 is 9.84 Å². The van der Waals surface area contributed by atoms with Gasteiger partial charge in [0, 0.05) is 6.54 Å². The van der Waals surface area contributed by atoms with Gasteiger partial charge in [-0.15, -0.1) is 0 Å². The van der Waals surface area contributed by atoms with E-state index in [9.17, 15) is 9.59 Å². The summed E-state index contributed by atoms with van der Waals surface area (Å²) in [6, 6.07) is 8.88. The molecule has 1 heterocycles. The first-order valence-corrected chi connectivity index (χ1v) is 6.64. The van der Waals surface area contributed by atoms with Gasteiger partial charge in [0.25, 0.3) is 5.91 Å². The maximum Gasteiger partial charge on any atom is 0.308 e. The van der Waals surface area contributed by atoms with E-state index in [4.69, 9.17) is 9.84 Å². The number of rotatable bonds is 7. The van der Waals surface area contributed by atoms with E-state index >= 15 is 0 Å². The Kier molecular flexibility index (Phi) is 5.07. The van der Waals surface area contributed by atoms with Crippen LogP contribution in [0.1, 0.15) is 6.92 Å². The van der Waals surface area contributed by atoms with Gasteiger partial charge in [0.1, 0.15) is 12.1 Å². The van der Waals surface area contributed by atoms with E-state index in [-0.39, 0.29) is 19.1 Å². The molecule has 1 unspecified atom stereocenters. The minimum absolute atomic E-state index is 0.0263. The lowest BCUT2D eigenvalue weighted by atomic mass is 10.2. The van der Waals surface area contributed by atoms with E-state index in [1.165, 1.54) is 18.2 Å². The number of hydrogen-bond acceptors (Lipinski definition) is 5. The molecule has 0 saturated carbocycles. The molecule has 2 aromatic rings. The molecular formula is C14H16N4O4. The fraction of sp³-hybridized carbons (Fsp3) is 0.286. The predicted molar refractivity (Wildman–Crippen MR) is 77.5 cm³/mol. The largest absolute Gasteiger partial charge is 0.484 e. The van der Waals surface area contributed by atoms with E-state index < -0.39 is 17.8 Å². The van der Waals surface area contributed by atoms with E-state index in [2.05, 4.69) is 15.2 Å². The average Bonchev–Trinajstić information content (AvgIpc) is 3.05. The third-order valence-corrected chi connectivity index (χ3v) is 2.94. The van der Waals surface area contributed by atoms with Gasteiger partial charge in [-0.2, -0.15) is 10.1 Å². The normalized spacial score (nSPS) is 11.7. The Morgan fingerprint density at radius 2 is 2.09 bits per heavy atom. The number of carboxylic acid groups (broad SMARTS) is 1. The molecule has 0 radical (unpaired) electrons. The van der Waals surface area contributed by atoms with Crippen molar-refractivity contribution in [2.24, 2.45) is 5.92 Å². The second kappa shape index (κ2) is 7.21. The molecule has 0 aliphatic rings.